The van der Waals surface area contributed by atoms with Crippen molar-refractivity contribution in [2.45, 2.75) is 31.3 Å². The van der Waals surface area contributed by atoms with Gasteiger partial charge in [-0.2, -0.15) is 0 Å². The second kappa shape index (κ2) is 11.0. The maximum Gasteiger partial charge on any atom is 0.0257 e. The molecule has 0 N–H and O–H groups in total. The van der Waals surface area contributed by atoms with Crippen molar-refractivity contribution in [3.05, 3.63) is 96.6 Å². The lowest BCUT2D eigenvalue weighted by atomic mass is 10.0. The van der Waals surface area contributed by atoms with E-state index in [1.54, 1.807) is 0 Å². The van der Waals surface area contributed by atoms with Crippen molar-refractivity contribution >= 4 is 18.5 Å². The summed E-state index contributed by atoms with van der Waals surface area (Å²) in [5, 5.41) is 3.01. The van der Waals surface area contributed by atoms with Gasteiger partial charge < -0.3 is 4.90 Å². The summed E-state index contributed by atoms with van der Waals surface area (Å²) in [6.07, 6.45) is 5.02. The zero-order chi connectivity index (χ0) is 21.5. The molecule has 0 saturated carbocycles. The molecule has 1 aliphatic heterocycles. The molecule has 3 aromatic carbocycles. The molecule has 0 radical (unpaired) electrons. The maximum absolute atomic E-state index is 2.79. The lowest BCUT2D eigenvalue weighted by molar-refractivity contribution is 0.179. The first-order valence-corrected chi connectivity index (χ1v) is 13.1. The van der Waals surface area contributed by atoms with Crippen LogP contribution in [0.4, 0.5) is 0 Å². The molecule has 2 nitrogen and oxygen atoms in total. The van der Waals surface area contributed by atoms with Gasteiger partial charge in [0.25, 0.3) is 0 Å². The van der Waals surface area contributed by atoms with Gasteiger partial charge in [-0.3, -0.25) is 4.90 Å². The number of benzene rings is 3. The highest BCUT2D eigenvalue weighted by molar-refractivity contribution is 7.73. The fourth-order valence-electron chi connectivity index (χ4n) is 4.70. The zero-order valence-electron chi connectivity index (χ0n) is 18.9. The Balaban J connectivity index is 1.49. The quantitative estimate of drug-likeness (QED) is 0.452. The first-order valence-electron chi connectivity index (χ1n) is 11.5. The van der Waals surface area contributed by atoms with Gasteiger partial charge in [0.1, 0.15) is 0 Å². The number of likely N-dealkylation sites (tertiary alicyclic amines) is 1. The average Bonchev–Trinajstić information content (AvgIpc) is 3.25. The van der Waals surface area contributed by atoms with E-state index in [2.05, 4.69) is 115 Å². The van der Waals surface area contributed by atoms with Gasteiger partial charge in [-0.1, -0.05) is 91.0 Å². The number of nitrogens with zero attached hydrogens (tertiary/aromatic N) is 2. The van der Waals surface area contributed by atoms with Gasteiger partial charge in [0, 0.05) is 18.6 Å². The third-order valence-electron chi connectivity index (χ3n) is 6.52. The van der Waals surface area contributed by atoms with Crippen LogP contribution in [-0.2, 0) is 6.42 Å². The molecule has 0 spiro atoms. The first-order chi connectivity index (χ1) is 15.2. The number of rotatable bonds is 9. The summed E-state index contributed by atoms with van der Waals surface area (Å²) >= 11 is 0. The minimum atomic E-state index is -0.332. The van der Waals surface area contributed by atoms with Crippen LogP contribution >= 0.6 is 7.92 Å². The van der Waals surface area contributed by atoms with Crippen LogP contribution in [0, 0.1) is 0 Å². The molecule has 3 aromatic rings. The van der Waals surface area contributed by atoms with Crippen LogP contribution in [0.5, 0.6) is 0 Å². The molecule has 0 aliphatic carbocycles. The Morgan fingerprint density at radius 3 is 1.94 bits per heavy atom. The molecule has 0 aromatic heterocycles. The molecule has 162 valence electrons. The van der Waals surface area contributed by atoms with Crippen molar-refractivity contribution in [1.82, 2.24) is 9.80 Å². The van der Waals surface area contributed by atoms with Crippen molar-refractivity contribution in [2.75, 3.05) is 33.3 Å². The third-order valence-corrected chi connectivity index (χ3v) is 9.15. The van der Waals surface area contributed by atoms with Gasteiger partial charge in [-0.15, -0.1) is 0 Å². The maximum atomic E-state index is 2.79. The lowest BCUT2D eigenvalue weighted by Gasteiger charge is -2.34. The Morgan fingerprint density at radius 2 is 1.39 bits per heavy atom. The van der Waals surface area contributed by atoms with E-state index in [9.17, 15) is 0 Å². The second-order valence-corrected chi connectivity index (χ2v) is 11.1. The van der Waals surface area contributed by atoms with Gasteiger partial charge in [0.05, 0.1) is 0 Å². The van der Waals surface area contributed by atoms with Gasteiger partial charge in [0.2, 0.25) is 0 Å². The first kappa shape index (κ1) is 22.2. The van der Waals surface area contributed by atoms with Crippen LogP contribution in [-0.4, -0.2) is 55.2 Å². The fourth-order valence-corrected chi connectivity index (χ4v) is 7.31. The highest BCUT2D eigenvalue weighted by Crippen LogP contribution is 2.37. The van der Waals surface area contributed by atoms with Crippen LogP contribution in [0.25, 0.3) is 0 Å². The Hall–Kier alpha value is -1.99. The predicted octanol–water partition coefficient (Wildman–Crippen LogP) is 4.76. The summed E-state index contributed by atoms with van der Waals surface area (Å²) in [4.78, 5) is 5.20. The smallest absolute Gasteiger partial charge is 0.0257 e. The highest BCUT2D eigenvalue weighted by atomic mass is 31.1. The third kappa shape index (κ3) is 6.04. The van der Waals surface area contributed by atoms with Crippen molar-refractivity contribution in [3.8, 4) is 0 Å². The van der Waals surface area contributed by atoms with E-state index < -0.39 is 0 Å². The fraction of sp³-hybridized carbons (Fsp3) is 0.357. The SMILES string of the molecule is CN(C)[C@@H](Cc1ccccc1)CN1CCC[C@H]1CP(c1ccccc1)c1ccccc1. The Morgan fingerprint density at radius 1 is 0.839 bits per heavy atom. The van der Waals surface area contributed by atoms with E-state index in [1.807, 2.05) is 0 Å². The van der Waals surface area contributed by atoms with E-state index in [4.69, 9.17) is 0 Å². The topological polar surface area (TPSA) is 6.48 Å². The highest BCUT2D eigenvalue weighted by Gasteiger charge is 2.30. The molecule has 0 unspecified atom stereocenters. The molecule has 2 atom stereocenters. The molecule has 4 rings (SSSR count). The Labute approximate surface area is 189 Å². The van der Waals surface area contributed by atoms with Gasteiger partial charge >= 0.3 is 0 Å². The summed E-state index contributed by atoms with van der Waals surface area (Å²) in [6.45, 7) is 2.38. The van der Waals surface area contributed by atoms with Gasteiger partial charge in [-0.05, 0) is 70.2 Å². The van der Waals surface area contributed by atoms with E-state index in [-0.39, 0.29) is 7.92 Å². The molecule has 31 heavy (non-hydrogen) atoms. The average molecular weight is 431 g/mol. The van der Waals surface area contributed by atoms with Gasteiger partial charge in [-0.25, -0.2) is 0 Å². The van der Waals surface area contributed by atoms with Gasteiger partial charge in [0.15, 0.2) is 0 Å². The molecule has 3 heteroatoms. The molecule has 1 saturated heterocycles. The summed E-state index contributed by atoms with van der Waals surface area (Å²) in [5.41, 5.74) is 1.44. The molecule has 1 aliphatic rings. The summed E-state index contributed by atoms with van der Waals surface area (Å²) in [7, 11) is 4.14. The van der Waals surface area contributed by atoms with Crippen LogP contribution in [0.2, 0.25) is 0 Å². The van der Waals surface area contributed by atoms with Crippen LogP contribution < -0.4 is 10.6 Å². The Bertz CT molecular complexity index is 859. The summed E-state index contributed by atoms with van der Waals surface area (Å²) < 4.78 is 0. The number of likely N-dealkylation sites (N-methyl/N-ethyl adjacent to an activating group) is 1. The van der Waals surface area contributed by atoms with Crippen molar-refractivity contribution < 1.29 is 0 Å². The van der Waals surface area contributed by atoms with Crippen LogP contribution in [0.1, 0.15) is 18.4 Å². The minimum Gasteiger partial charge on any atom is -0.305 e. The van der Waals surface area contributed by atoms with Crippen LogP contribution in [0.15, 0.2) is 91.0 Å². The van der Waals surface area contributed by atoms with E-state index in [0.717, 1.165) is 13.0 Å². The largest absolute Gasteiger partial charge is 0.305 e. The standard InChI is InChI=1S/C28H35N2P/c1-29(2)26(21-24-13-6-3-7-14-24)22-30-20-12-15-25(30)23-31(27-16-8-4-9-17-27)28-18-10-5-11-19-28/h3-11,13-14,16-19,25-26H,12,15,20-23H2,1-2H3/t25-,26-/m0/s1. The molecular formula is C28H35N2P. The number of hydrogen-bond acceptors (Lipinski definition) is 2. The van der Waals surface area contributed by atoms with E-state index in [0.29, 0.717) is 12.1 Å². The zero-order valence-corrected chi connectivity index (χ0v) is 19.8. The predicted molar refractivity (Wildman–Crippen MR) is 136 cm³/mol. The molecule has 0 amide bonds. The van der Waals surface area contributed by atoms with Crippen molar-refractivity contribution in [2.24, 2.45) is 0 Å². The molecule has 0 bridgehead atoms. The molecule has 1 fully saturated rings. The number of hydrogen-bond donors (Lipinski definition) is 0. The van der Waals surface area contributed by atoms with E-state index >= 15 is 0 Å². The Kier molecular flexibility index (Phi) is 7.92. The minimum absolute atomic E-state index is 0.332. The summed E-state index contributed by atoms with van der Waals surface area (Å²) in [5.74, 6) is 0. The lowest BCUT2D eigenvalue weighted by Crippen LogP contribution is -2.45. The normalized spacial score (nSPS) is 18.0. The second-order valence-electron chi connectivity index (χ2n) is 8.88. The van der Waals surface area contributed by atoms with Crippen LogP contribution in [0.3, 0.4) is 0 Å². The van der Waals surface area contributed by atoms with E-state index in [1.165, 1.54) is 41.7 Å². The molecular weight excluding hydrogens is 395 g/mol. The van der Waals surface area contributed by atoms with Crippen molar-refractivity contribution in [3.63, 3.8) is 0 Å². The monoisotopic (exact) mass is 430 g/mol. The van der Waals surface area contributed by atoms with Crippen molar-refractivity contribution in [1.29, 1.82) is 0 Å². The summed E-state index contributed by atoms with van der Waals surface area (Å²) in [6, 6.07) is 34.6. The molecule has 1 heterocycles.